The average Bonchev–Trinajstić information content (AvgIpc) is 2.34. The summed E-state index contributed by atoms with van der Waals surface area (Å²) >= 11 is 0. The highest BCUT2D eigenvalue weighted by Gasteiger charge is 2.24. The normalized spacial score (nSPS) is 28.3. The molecule has 1 aromatic rings. The summed E-state index contributed by atoms with van der Waals surface area (Å²) < 4.78 is 0. The van der Waals surface area contributed by atoms with E-state index in [1.54, 1.807) is 6.07 Å². The first-order chi connectivity index (χ1) is 8.56. The van der Waals surface area contributed by atoms with Crippen molar-refractivity contribution in [3.05, 3.63) is 29.3 Å². The molecule has 1 fully saturated rings. The first-order valence-corrected chi connectivity index (χ1v) is 7.08. The molecule has 0 bridgehead atoms. The molecule has 1 aliphatic rings. The number of rotatable bonds is 3. The van der Waals surface area contributed by atoms with E-state index in [9.17, 15) is 5.11 Å². The topological polar surface area (TPSA) is 32.3 Å². The standard InChI is InChI=1S/C16H25NO/c1-11-4-7-16(18)14(8-11)10-17-15-6-5-12(2)13(3)9-15/h4,7-8,12-13,15,17-18H,5-6,9-10H2,1-3H3. The van der Waals surface area contributed by atoms with Crippen LogP contribution in [0.25, 0.3) is 0 Å². The summed E-state index contributed by atoms with van der Waals surface area (Å²) in [7, 11) is 0. The molecule has 1 saturated carbocycles. The zero-order valence-electron chi connectivity index (χ0n) is 11.7. The summed E-state index contributed by atoms with van der Waals surface area (Å²) in [6.45, 7) is 7.54. The first-order valence-electron chi connectivity index (χ1n) is 7.08. The van der Waals surface area contributed by atoms with Crippen LogP contribution >= 0.6 is 0 Å². The fourth-order valence-corrected chi connectivity index (χ4v) is 2.84. The van der Waals surface area contributed by atoms with Crippen LogP contribution in [0.1, 0.15) is 44.2 Å². The van der Waals surface area contributed by atoms with Crippen molar-refractivity contribution in [2.45, 2.75) is 52.6 Å². The van der Waals surface area contributed by atoms with Crippen molar-refractivity contribution in [1.82, 2.24) is 5.32 Å². The second-order valence-corrected chi connectivity index (χ2v) is 5.98. The van der Waals surface area contributed by atoms with Gasteiger partial charge in [0, 0.05) is 18.2 Å². The van der Waals surface area contributed by atoms with Gasteiger partial charge in [-0.3, -0.25) is 0 Å². The van der Waals surface area contributed by atoms with E-state index < -0.39 is 0 Å². The number of aryl methyl sites for hydroxylation is 1. The Kier molecular flexibility index (Phi) is 4.28. The molecule has 0 saturated heterocycles. The lowest BCUT2D eigenvalue weighted by Gasteiger charge is -2.32. The van der Waals surface area contributed by atoms with Crippen molar-refractivity contribution in [2.75, 3.05) is 0 Å². The highest BCUT2D eigenvalue weighted by atomic mass is 16.3. The van der Waals surface area contributed by atoms with E-state index in [1.165, 1.54) is 24.8 Å². The van der Waals surface area contributed by atoms with Gasteiger partial charge in [0.1, 0.15) is 5.75 Å². The molecule has 2 heteroatoms. The van der Waals surface area contributed by atoms with Crippen molar-refractivity contribution in [3.8, 4) is 5.75 Å². The number of hydrogen-bond donors (Lipinski definition) is 2. The molecule has 0 heterocycles. The minimum atomic E-state index is 0.408. The summed E-state index contributed by atoms with van der Waals surface area (Å²) in [5.41, 5.74) is 2.22. The molecular formula is C16H25NO. The highest BCUT2D eigenvalue weighted by molar-refractivity contribution is 5.35. The van der Waals surface area contributed by atoms with E-state index in [0.717, 1.165) is 23.9 Å². The van der Waals surface area contributed by atoms with Crippen molar-refractivity contribution in [2.24, 2.45) is 11.8 Å². The van der Waals surface area contributed by atoms with Crippen LogP contribution in [0.3, 0.4) is 0 Å². The Bertz CT molecular complexity index is 402. The molecule has 2 rings (SSSR count). The minimum absolute atomic E-state index is 0.408. The van der Waals surface area contributed by atoms with Gasteiger partial charge in [0.25, 0.3) is 0 Å². The highest BCUT2D eigenvalue weighted by Crippen LogP contribution is 2.29. The van der Waals surface area contributed by atoms with Crippen LogP contribution in [0.4, 0.5) is 0 Å². The Morgan fingerprint density at radius 3 is 2.72 bits per heavy atom. The zero-order valence-corrected chi connectivity index (χ0v) is 11.7. The smallest absolute Gasteiger partial charge is 0.120 e. The maximum absolute atomic E-state index is 9.82. The number of nitrogens with one attached hydrogen (secondary N) is 1. The van der Waals surface area contributed by atoms with Gasteiger partial charge in [0.05, 0.1) is 0 Å². The van der Waals surface area contributed by atoms with Gasteiger partial charge in [-0.1, -0.05) is 31.5 Å². The molecule has 1 aromatic carbocycles. The molecule has 0 radical (unpaired) electrons. The molecule has 0 amide bonds. The van der Waals surface area contributed by atoms with Gasteiger partial charge in [0.15, 0.2) is 0 Å². The quantitative estimate of drug-likeness (QED) is 0.855. The molecule has 3 atom stereocenters. The first kappa shape index (κ1) is 13.4. The van der Waals surface area contributed by atoms with E-state index in [4.69, 9.17) is 0 Å². The van der Waals surface area contributed by atoms with E-state index in [2.05, 4.69) is 32.2 Å². The molecule has 0 aliphatic heterocycles. The number of hydrogen-bond acceptors (Lipinski definition) is 2. The average molecular weight is 247 g/mol. The number of benzene rings is 1. The van der Waals surface area contributed by atoms with Crippen LogP contribution in [-0.2, 0) is 6.54 Å². The van der Waals surface area contributed by atoms with Gasteiger partial charge in [-0.2, -0.15) is 0 Å². The predicted molar refractivity (Wildman–Crippen MR) is 75.7 cm³/mol. The fourth-order valence-electron chi connectivity index (χ4n) is 2.84. The van der Waals surface area contributed by atoms with Gasteiger partial charge in [0.2, 0.25) is 0 Å². The Hall–Kier alpha value is -1.02. The molecule has 2 nitrogen and oxygen atoms in total. The van der Waals surface area contributed by atoms with Crippen molar-refractivity contribution in [1.29, 1.82) is 0 Å². The molecule has 0 aromatic heterocycles. The van der Waals surface area contributed by atoms with Gasteiger partial charge >= 0.3 is 0 Å². The summed E-state index contributed by atoms with van der Waals surface area (Å²) in [4.78, 5) is 0. The molecule has 100 valence electrons. The Morgan fingerprint density at radius 1 is 1.22 bits per heavy atom. The fraction of sp³-hybridized carbons (Fsp3) is 0.625. The largest absolute Gasteiger partial charge is 0.508 e. The van der Waals surface area contributed by atoms with E-state index in [1.807, 2.05) is 6.07 Å². The third kappa shape index (κ3) is 3.26. The number of aromatic hydroxyl groups is 1. The molecule has 3 unspecified atom stereocenters. The summed E-state index contributed by atoms with van der Waals surface area (Å²) in [5.74, 6) is 2.07. The Balaban J connectivity index is 1.90. The third-order valence-electron chi connectivity index (χ3n) is 4.41. The van der Waals surface area contributed by atoms with Gasteiger partial charge in [-0.25, -0.2) is 0 Å². The van der Waals surface area contributed by atoms with Crippen LogP contribution in [0.2, 0.25) is 0 Å². The predicted octanol–water partition coefficient (Wildman–Crippen LogP) is 3.61. The van der Waals surface area contributed by atoms with E-state index >= 15 is 0 Å². The van der Waals surface area contributed by atoms with Gasteiger partial charge < -0.3 is 10.4 Å². The maximum atomic E-state index is 9.82. The summed E-state index contributed by atoms with van der Waals surface area (Å²) in [6.07, 6.45) is 3.84. The van der Waals surface area contributed by atoms with Crippen LogP contribution in [0, 0.1) is 18.8 Å². The Labute approximate surface area is 110 Å². The monoisotopic (exact) mass is 247 g/mol. The zero-order chi connectivity index (χ0) is 13.1. The lowest BCUT2D eigenvalue weighted by molar-refractivity contribution is 0.225. The van der Waals surface area contributed by atoms with E-state index in [-0.39, 0.29) is 0 Å². The lowest BCUT2D eigenvalue weighted by atomic mass is 9.79. The van der Waals surface area contributed by atoms with Crippen molar-refractivity contribution < 1.29 is 5.11 Å². The second kappa shape index (κ2) is 5.75. The lowest BCUT2D eigenvalue weighted by Crippen LogP contribution is -2.35. The van der Waals surface area contributed by atoms with Crippen LogP contribution < -0.4 is 5.32 Å². The Morgan fingerprint density at radius 2 is 2.00 bits per heavy atom. The second-order valence-electron chi connectivity index (χ2n) is 5.98. The number of phenols is 1. The van der Waals surface area contributed by atoms with Crippen LogP contribution in [0.5, 0.6) is 5.75 Å². The summed E-state index contributed by atoms with van der Waals surface area (Å²) in [6, 6.07) is 6.41. The number of phenolic OH excluding ortho intramolecular Hbond substituents is 1. The maximum Gasteiger partial charge on any atom is 0.120 e. The van der Waals surface area contributed by atoms with Crippen molar-refractivity contribution >= 4 is 0 Å². The third-order valence-corrected chi connectivity index (χ3v) is 4.41. The van der Waals surface area contributed by atoms with Gasteiger partial charge in [-0.15, -0.1) is 0 Å². The van der Waals surface area contributed by atoms with Crippen LogP contribution in [0.15, 0.2) is 18.2 Å². The molecular weight excluding hydrogens is 222 g/mol. The SMILES string of the molecule is Cc1ccc(O)c(CNC2CCC(C)C(C)C2)c1. The molecule has 1 aliphatic carbocycles. The van der Waals surface area contributed by atoms with Crippen molar-refractivity contribution in [3.63, 3.8) is 0 Å². The van der Waals surface area contributed by atoms with E-state index in [0.29, 0.717) is 11.8 Å². The van der Waals surface area contributed by atoms with Gasteiger partial charge in [-0.05, 0) is 44.1 Å². The minimum Gasteiger partial charge on any atom is -0.508 e. The summed E-state index contributed by atoms with van der Waals surface area (Å²) in [5, 5.41) is 13.4. The van der Waals surface area contributed by atoms with Crippen LogP contribution in [-0.4, -0.2) is 11.1 Å². The molecule has 18 heavy (non-hydrogen) atoms. The molecule has 0 spiro atoms. The molecule has 2 N–H and O–H groups in total.